The van der Waals surface area contributed by atoms with E-state index < -0.39 is 7.60 Å². The SMILES string of the molecule is CCOP(=O)(CC(=O)NCc1c(C)[nH]c2ccc(OC)cc12)OCC. The molecule has 1 heterocycles. The molecule has 1 amide bonds. The number of carbonyl (C=O) groups is 1. The van der Waals surface area contributed by atoms with Gasteiger partial charge in [-0.1, -0.05) is 0 Å². The lowest BCUT2D eigenvalue weighted by molar-refractivity contribution is -0.119. The van der Waals surface area contributed by atoms with Crippen LogP contribution in [0.1, 0.15) is 25.1 Å². The lowest BCUT2D eigenvalue weighted by Gasteiger charge is -2.16. The topological polar surface area (TPSA) is 89.7 Å². The quantitative estimate of drug-likeness (QED) is 0.663. The maximum absolute atomic E-state index is 12.4. The normalized spacial score (nSPS) is 11.7. The first-order chi connectivity index (χ1) is 11.9. The van der Waals surface area contributed by atoms with Gasteiger partial charge in [-0.3, -0.25) is 9.36 Å². The number of rotatable bonds is 9. The van der Waals surface area contributed by atoms with Gasteiger partial charge in [-0.25, -0.2) is 0 Å². The van der Waals surface area contributed by atoms with Gasteiger partial charge in [-0.2, -0.15) is 0 Å². The molecule has 1 aromatic carbocycles. The average Bonchev–Trinajstić information content (AvgIpc) is 2.87. The third-order valence-electron chi connectivity index (χ3n) is 3.78. The molecule has 0 saturated heterocycles. The number of ether oxygens (including phenoxy) is 1. The fourth-order valence-corrected chi connectivity index (χ4v) is 4.16. The molecular weight excluding hydrogens is 343 g/mol. The Morgan fingerprint density at radius 3 is 2.52 bits per heavy atom. The Labute approximate surface area is 147 Å². The largest absolute Gasteiger partial charge is 0.497 e. The Kier molecular flexibility index (Phi) is 6.64. The summed E-state index contributed by atoms with van der Waals surface area (Å²) in [5.41, 5.74) is 2.89. The van der Waals surface area contributed by atoms with Gasteiger partial charge in [-0.05, 0) is 44.5 Å². The molecule has 0 fully saturated rings. The second-order valence-corrected chi connectivity index (χ2v) is 7.58. The summed E-state index contributed by atoms with van der Waals surface area (Å²) >= 11 is 0. The van der Waals surface area contributed by atoms with Crippen LogP contribution in [0, 0.1) is 6.92 Å². The molecule has 0 aliphatic carbocycles. The summed E-state index contributed by atoms with van der Waals surface area (Å²) in [6.07, 6.45) is -0.292. The molecule has 0 aliphatic rings. The van der Waals surface area contributed by atoms with Crippen molar-refractivity contribution in [1.29, 1.82) is 0 Å². The zero-order chi connectivity index (χ0) is 18.4. The lowest BCUT2D eigenvalue weighted by Crippen LogP contribution is -2.27. The monoisotopic (exact) mass is 368 g/mol. The van der Waals surface area contributed by atoms with Crippen molar-refractivity contribution in [1.82, 2.24) is 10.3 Å². The van der Waals surface area contributed by atoms with Gasteiger partial charge < -0.3 is 24.1 Å². The standard InChI is InChI=1S/C17H25N2O5P/c1-5-23-25(21,24-6-2)11-17(20)18-10-15-12(3)19-16-8-7-13(22-4)9-14(15)16/h7-9,19H,5-6,10-11H2,1-4H3,(H,18,20). The zero-order valence-electron chi connectivity index (χ0n) is 15.0. The fraction of sp³-hybridized carbons (Fsp3) is 0.471. The van der Waals surface area contributed by atoms with Gasteiger partial charge in [0.25, 0.3) is 0 Å². The molecule has 8 heteroatoms. The Hall–Kier alpha value is -1.82. The van der Waals surface area contributed by atoms with Crippen molar-refractivity contribution in [3.8, 4) is 5.75 Å². The van der Waals surface area contributed by atoms with Gasteiger partial charge in [0.15, 0.2) is 0 Å². The van der Waals surface area contributed by atoms with Gasteiger partial charge in [-0.15, -0.1) is 0 Å². The molecule has 2 aromatic rings. The predicted octanol–water partition coefficient (Wildman–Crippen LogP) is 3.37. The van der Waals surface area contributed by atoms with Crippen LogP contribution in [0.25, 0.3) is 10.9 Å². The van der Waals surface area contributed by atoms with Gasteiger partial charge in [0.2, 0.25) is 5.91 Å². The third kappa shape index (κ3) is 4.84. The first-order valence-electron chi connectivity index (χ1n) is 8.22. The minimum Gasteiger partial charge on any atom is -0.497 e. The number of hydrogen-bond donors (Lipinski definition) is 2. The first kappa shape index (κ1) is 19.5. The summed E-state index contributed by atoms with van der Waals surface area (Å²) in [5, 5.41) is 3.78. The summed E-state index contributed by atoms with van der Waals surface area (Å²) in [6, 6.07) is 5.73. The number of hydrogen-bond acceptors (Lipinski definition) is 5. The Morgan fingerprint density at radius 1 is 1.24 bits per heavy atom. The van der Waals surface area contributed by atoms with Crippen molar-refractivity contribution >= 4 is 24.4 Å². The Balaban J connectivity index is 2.10. The average molecular weight is 368 g/mol. The number of methoxy groups -OCH3 is 1. The lowest BCUT2D eigenvalue weighted by atomic mass is 10.1. The number of aryl methyl sites for hydroxylation is 1. The molecule has 7 nitrogen and oxygen atoms in total. The molecule has 0 bridgehead atoms. The number of H-pyrrole nitrogens is 1. The molecule has 0 radical (unpaired) electrons. The Morgan fingerprint density at radius 2 is 1.92 bits per heavy atom. The van der Waals surface area contributed by atoms with Crippen molar-refractivity contribution < 1.29 is 23.1 Å². The maximum Gasteiger partial charge on any atom is 0.340 e. The van der Waals surface area contributed by atoms with Crippen LogP contribution in [0.3, 0.4) is 0 Å². The van der Waals surface area contributed by atoms with Crippen LogP contribution >= 0.6 is 7.60 Å². The minimum atomic E-state index is -3.39. The van der Waals surface area contributed by atoms with Crippen LogP contribution < -0.4 is 10.1 Å². The van der Waals surface area contributed by atoms with E-state index in [0.29, 0.717) is 6.54 Å². The summed E-state index contributed by atoms with van der Waals surface area (Å²) in [5.74, 6) is 0.373. The van der Waals surface area contributed by atoms with Gasteiger partial charge >= 0.3 is 7.60 Å². The van der Waals surface area contributed by atoms with Gasteiger partial charge in [0.1, 0.15) is 11.9 Å². The van der Waals surface area contributed by atoms with E-state index in [1.807, 2.05) is 25.1 Å². The van der Waals surface area contributed by atoms with E-state index in [0.717, 1.165) is 27.9 Å². The zero-order valence-corrected chi connectivity index (χ0v) is 15.9. The van der Waals surface area contributed by atoms with Crippen molar-refractivity contribution in [2.45, 2.75) is 27.3 Å². The van der Waals surface area contributed by atoms with Crippen molar-refractivity contribution in [2.24, 2.45) is 0 Å². The highest BCUT2D eigenvalue weighted by molar-refractivity contribution is 7.54. The van der Waals surface area contributed by atoms with Crippen LogP contribution in [-0.2, 0) is 25.0 Å². The van der Waals surface area contributed by atoms with Crippen molar-refractivity contribution in [3.63, 3.8) is 0 Å². The molecule has 2 N–H and O–H groups in total. The summed E-state index contributed by atoms with van der Waals surface area (Å²) in [7, 11) is -1.78. The third-order valence-corrected chi connectivity index (χ3v) is 5.76. The molecule has 0 unspecified atom stereocenters. The van der Waals surface area contributed by atoms with Gasteiger partial charge in [0.05, 0.1) is 20.3 Å². The molecule has 1 aromatic heterocycles. The molecule has 25 heavy (non-hydrogen) atoms. The molecule has 0 spiro atoms. The number of aromatic amines is 1. The van der Waals surface area contributed by atoms with E-state index in [1.165, 1.54) is 0 Å². The molecule has 0 saturated carbocycles. The number of aromatic nitrogens is 1. The van der Waals surface area contributed by atoms with Crippen molar-refractivity contribution in [2.75, 3.05) is 26.5 Å². The molecule has 0 aliphatic heterocycles. The van der Waals surface area contributed by atoms with E-state index >= 15 is 0 Å². The highest BCUT2D eigenvalue weighted by atomic mass is 31.2. The maximum atomic E-state index is 12.4. The molecule has 2 rings (SSSR count). The van der Waals surface area contributed by atoms with Crippen molar-refractivity contribution in [3.05, 3.63) is 29.5 Å². The number of fused-ring (bicyclic) bond motifs is 1. The van der Waals surface area contributed by atoms with E-state index in [9.17, 15) is 9.36 Å². The van der Waals surface area contributed by atoms with Crippen LogP contribution in [0.5, 0.6) is 5.75 Å². The number of benzene rings is 1. The second-order valence-electron chi connectivity index (χ2n) is 5.52. The summed E-state index contributed by atoms with van der Waals surface area (Å²) in [6.45, 7) is 6.14. The van der Waals surface area contributed by atoms with Crippen LogP contribution in [-0.4, -0.2) is 37.4 Å². The van der Waals surface area contributed by atoms with Gasteiger partial charge in [0, 0.05) is 23.1 Å². The van der Waals surface area contributed by atoms with E-state index in [-0.39, 0.29) is 25.3 Å². The molecule has 0 atom stereocenters. The summed E-state index contributed by atoms with van der Waals surface area (Å²) in [4.78, 5) is 15.5. The van der Waals surface area contributed by atoms with E-state index in [2.05, 4.69) is 10.3 Å². The first-order valence-corrected chi connectivity index (χ1v) is 9.95. The number of carbonyl (C=O) groups excluding carboxylic acids is 1. The van der Waals surface area contributed by atoms with Crippen LogP contribution in [0.15, 0.2) is 18.2 Å². The predicted molar refractivity (Wildman–Crippen MR) is 97.2 cm³/mol. The smallest absolute Gasteiger partial charge is 0.340 e. The molecular formula is C17H25N2O5P. The molecule has 138 valence electrons. The second kappa shape index (κ2) is 8.52. The highest BCUT2D eigenvalue weighted by Gasteiger charge is 2.27. The van der Waals surface area contributed by atoms with Crippen LogP contribution in [0.2, 0.25) is 0 Å². The van der Waals surface area contributed by atoms with E-state index in [4.69, 9.17) is 13.8 Å². The van der Waals surface area contributed by atoms with E-state index in [1.54, 1.807) is 21.0 Å². The fourth-order valence-electron chi connectivity index (χ4n) is 2.66. The number of nitrogens with one attached hydrogen (secondary N) is 2. The minimum absolute atomic E-state index is 0.228. The Bertz CT molecular complexity index is 777. The summed E-state index contributed by atoms with van der Waals surface area (Å²) < 4.78 is 28.0. The highest BCUT2D eigenvalue weighted by Crippen LogP contribution is 2.47. The number of amides is 1. The van der Waals surface area contributed by atoms with Crippen LogP contribution in [0.4, 0.5) is 0 Å².